The molecule has 31 heavy (non-hydrogen) atoms. The standard InChI is InChI=1S/C18H22O2.C10H14O/c1-11-6-12(2)17(19)16(7-11)10-15-8-13(3)18(20-5)14(4)9-15;1-7-5-8(2)10(11-4)9(3)6-7/h6-9,19H,10H2,1-5H3;5-6H,1-4H3. The summed E-state index contributed by atoms with van der Waals surface area (Å²) < 4.78 is 10.6. The third kappa shape index (κ3) is 6.04. The van der Waals surface area contributed by atoms with E-state index >= 15 is 0 Å². The predicted octanol–water partition coefficient (Wildman–Crippen LogP) is 6.85. The molecule has 0 saturated carbocycles. The van der Waals surface area contributed by atoms with Gasteiger partial charge in [-0.15, -0.1) is 0 Å². The minimum absolute atomic E-state index is 0.404. The fourth-order valence-corrected chi connectivity index (χ4v) is 4.36. The lowest BCUT2D eigenvalue weighted by molar-refractivity contribution is 0.408. The van der Waals surface area contributed by atoms with Crippen LogP contribution in [-0.4, -0.2) is 19.3 Å². The number of benzene rings is 3. The van der Waals surface area contributed by atoms with Gasteiger partial charge in [0.25, 0.3) is 0 Å². The lowest BCUT2D eigenvalue weighted by Crippen LogP contribution is -1.97. The van der Waals surface area contributed by atoms with Gasteiger partial charge in [0.15, 0.2) is 0 Å². The van der Waals surface area contributed by atoms with Crippen LogP contribution >= 0.6 is 0 Å². The maximum absolute atomic E-state index is 10.2. The highest BCUT2D eigenvalue weighted by molar-refractivity contribution is 5.48. The summed E-state index contributed by atoms with van der Waals surface area (Å²) in [5.41, 5.74) is 10.3. The molecule has 3 nitrogen and oxygen atoms in total. The van der Waals surface area contributed by atoms with Crippen LogP contribution in [0.3, 0.4) is 0 Å². The van der Waals surface area contributed by atoms with Crippen LogP contribution in [0.4, 0.5) is 0 Å². The van der Waals surface area contributed by atoms with Gasteiger partial charge in [-0.25, -0.2) is 0 Å². The van der Waals surface area contributed by atoms with Gasteiger partial charge in [-0.1, -0.05) is 47.5 Å². The molecule has 3 rings (SSSR count). The molecule has 0 amide bonds. The largest absolute Gasteiger partial charge is 0.507 e. The predicted molar refractivity (Wildman–Crippen MR) is 130 cm³/mol. The summed E-state index contributed by atoms with van der Waals surface area (Å²) in [4.78, 5) is 0. The zero-order valence-electron chi connectivity index (χ0n) is 20.4. The molecule has 0 aliphatic rings. The molecule has 0 aliphatic carbocycles. The second-order valence-corrected chi connectivity index (χ2v) is 8.46. The van der Waals surface area contributed by atoms with Crippen molar-refractivity contribution in [3.05, 3.63) is 86.5 Å². The summed E-state index contributed by atoms with van der Waals surface area (Å²) in [6.45, 7) is 14.3. The van der Waals surface area contributed by atoms with Gasteiger partial charge in [0, 0.05) is 6.42 Å². The first-order valence-electron chi connectivity index (χ1n) is 10.6. The summed E-state index contributed by atoms with van der Waals surface area (Å²) in [5, 5.41) is 10.2. The number of phenols is 1. The zero-order chi connectivity index (χ0) is 23.3. The number of hydrogen-bond acceptors (Lipinski definition) is 3. The van der Waals surface area contributed by atoms with Crippen molar-refractivity contribution in [3.63, 3.8) is 0 Å². The number of ether oxygens (including phenoxy) is 2. The first-order valence-corrected chi connectivity index (χ1v) is 10.6. The Morgan fingerprint density at radius 1 is 0.581 bits per heavy atom. The second-order valence-electron chi connectivity index (χ2n) is 8.46. The molecule has 0 saturated heterocycles. The minimum Gasteiger partial charge on any atom is -0.507 e. The molecule has 3 heteroatoms. The zero-order valence-corrected chi connectivity index (χ0v) is 20.4. The third-order valence-electron chi connectivity index (χ3n) is 5.45. The van der Waals surface area contributed by atoms with E-state index in [9.17, 15) is 5.11 Å². The van der Waals surface area contributed by atoms with Crippen LogP contribution in [0.1, 0.15) is 50.1 Å². The van der Waals surface area contributed by atoms with Gasteiger partial charge in [-0.05, 0) is 87.4 Å². The first-order chi connectivity index (χ1) is 14.6. The molecular formula is C28H36O3. The van der Waals surface area contributed by atoms with E-state index in [1.165, 1.54) is 27.8 Å². The van der Waals surface area contributed by atoms with Crippen LogP contribution in [-0.2, 0) is 6.42 Å². The summed E-state index contributed by atoms with van der Waals surface area (Å²) >= 11 is 0. The first kappa shape index (κ1) is 24.3. The molecule has 0 aliphatic heterocycles. The van der Waals surface area contributed by atoms with Crippen molar-refractivity contribution in [2.24, 2.45) is 0 Å². The van der Waals surface area contributed by atoms with E-state index in [1.807, 2.05) is 13.0 Å². The third-order valence-corrected chi connectivity index (χ3v) is 5.45. The highest BCUT2D eigenvalue weighted by Gasteiger charge is 2.10. The SMILES string of the molecule is COc1c(C)cc(C)cc1C.COc1c(C)cc(Cc2cc(C)cc(C)c2O)cc1C. The summed E-state index contributed by atoms with van der Waals surface area (Å²) in [5.74, 6) is 2.36. The Morgan fingerprint density at radius 3 is 1.42 bits per heavy atom. The van der Waals surface area contributed by atoms with E-state index in [4.69, 9.17) is 9.47 Å². The molecule has 0 fully saturated rings. The molecule has 1 N–H and O–H groups in total. The Balaban J connectivity index is 0.000000262. The number of methoxy groups -OCH3 is 2. The molecule has 0 radical (unpaired) electrons. The highest BCUT2D eigenvalue weighted by atomic mass is 16.5. The molecule has 0 aromatic heterocycles. The monoisotopic (exact) mass is 420 g/mol. The Hall–Kier alpha value is -2.94. The van der Waals surface area contributed by atoms with Crippen molar-refractivity contribution in [2.75, 3.05) is 14.2 Å². The van der Waals surface area contributed by atoms with Crippen molar-refractivity contribution < 1.29 is 14.6 Å². The number of rotatable bonds is 4. The number of aryl methyl sites for hydroxylation is 7. The van der Waals surface area contributed by atoms with Crippen molar-refractivity contribution in [1.82, 2.24) is 0 Å². The molecule has 0 heterocycles. The van der Waals surface area contributed by atoms with Gasteiger partial charge >= 0.3 is 0 Å². The van der Waals surface area contributed by atoms with Crippen molar-refractivity contribution in [3.8, 4) is 17.2 Å². The molecule has 0 unspecified atom stereocenters. The number of aromatic hydroxyl groups is 1. The molecule has 3 aromatic carbocycles. The average molecular weight is 421 g/mol. The van der Waals surface area contributed by atoms with Crippen molar-refractivity contribution in [2.45, 2.75) is 54.9 Å². The number of hydrogen-bond donors (Lipinski definition) is 1. The second kappa shape index (κ2) is 10.4. The molecule has 0 spiro atoms. The van der Waals surface area contributed by atoms with Gasteiger partial charge in [0.1, 0.15) is 17.2 Å². The van der Waals surface area contributed by atoms with Gasteiger partial charge < -0.3 is 14.6 Å². The maximum Gasteiger partial charge on any atom is 0.124 e. The molecular weight excluding hydrogens is 384 g/mol. The van der Waals surface area contributed by atoms with Gasteiger partial charge in [-0.3, -0.25) is 0 Å². The van der Waals surface area contributed by atoms with E-state index in [0.717, 1.165) is 40.2 Å². The molecule has 0 atom stereocenters. The van der Waals surface area contributed by atoms with Crippen LogP contribution in [0, 0.1) is 48.5 Å². The topological polar surface area (TPSA) is 38.7 Å². The fraction of sp³-hybridized carbons (Fsp3) is 0.357. The minimum atomic E-state index is 0.404. The van der Waals surface area contributed by atoms with Gasteiger partial charge in [-0.2, -0.15) is 0 Å². The Labute approximate surface area is 187 Å². The van der Waals surface area contributed by atoms with E-state index in [2.05, 4.69) is 71.9 Å². The fourth-order valence-electron chi connectivity index (χ4n) is 4.36. The highest BCUT2D eigenvalue weighted by Crippen LogP contribution is 2.29. The van der Waals surface area contributed by atoms with Crippen molar-refractivity contribution >= 4 is 0 Å². The average Bonchev–Trinajstić information content (AvgIpc) is 2.65. The van der Waals surface area contributed by atoms with E-state index in [0.29, 0.717) is 5.75 Å². The lowest BCUT2D eigenvalue weighted by atomic mass is 9.96. The maximum atomic E-state index is 10.2. The van der Waals surface area contributed by atoms with Crippen LogP contribution < -0.4 is 9.47 Å². The summed E-state index contributed by atoms with van der Waals surface area (Å²) in [7, 11) is 3.41. The Kier molecular flexibility index (Phi) is 8.15. The Bertz CT molecular complexity index is 1020. The molecule has 3 aromatic rings. The smallest absolute Gasteiger partial charge is 0.124 e. The van der Waals surface area contributed by atoms with Gasteiger partial charge in [0.2, 0.25) is 0 Å². The Morgan fingerprint density at radius 2 is 0.968 bits per heavy atom. The van der Waals surface area contributed by atoms with E-state index in [1.54, 1.807) is 14.2 Å². The van der Waals surface area contributed by atoms with Crippen LogP contribution in [0.2, 0.25) is 0 Å². The number of phenolic OH excluding ortho intramolecular Hbond substituents is 1. The summed E-state index contributed by atoms with van der Waals surface area (Å²) in [6, 6.07) is 12.6. The van der Waals surface area contributed by atoms with Crippen LogP contribution in [0.25, 0.3) is 0 Å². The summed E-state index contributed by atoms with van der Waals surface area (Å²) in [6.07, 6.45) is 0.736. The quantitative estimate of drug-likeness (QED) is 0.502. The molecule has 0 bridgehead atoms. The van der Waals surface area contributed by atoms with Crippen LogP contribution in [0.15, 0.2) is 36.4 Å². The lowest BCUT2D eigenvalue weighted by Gasteiger charge is -2.13. The van der Waals surface area contributed by atoms with E-state index < -0.39 is 0 Å². The van der Waals surface area contributed by atoms with Crippen LogP contribution in [0.5, 0.6) is 17.2 Å². The molecule has 166 valence electrons. The van der Waals surface area contributed by atoms with Gasteiger partial charge in [0.05, 0.1) is 14.2 Å². The van der Waals surface area contributed by atoms with E-state index in [-0.39, 0.29) is 0 Å². The van der Waals surface area contributed by atoms with Crippen molar-refractivity contribution in [1.29, 1.82) is 0 Å². The normalized spacial score (nSPS) is 10.4.